The Balaban J connectivity index is 1.97. The van der Waals surface area contributed by atoms with Gasteiger partial charge in [0.05, 0.1) is 11.8 Å². The molecule has 1 aromatic carbocycles. The molecule has 0 fully saturated rings. The van der Waals surface area contributed by atoms with E-state index in [0.717, 1.165) is 22.7 Å². The van der Waals surface area contributed by atoms with E-state index in [4.69, 9.17) is 4.74 Å². The number of aryl methyl sites for hydroxylation is 1. The minimum absolute atomic E-state index is 0.139. The van der Waals surface area contributed by atoms with E-state index in [9.17, 15) is 9.90 Å². The van der Waals surface area contributed by atoms with Crippen LogP contribution >= 0.6 is 11.3 Å². The number of nitrogens with zero attached hydrogens (tertiary/aromatic N) is 2. The molecule has 0 spiro atoms. The molecule has 0 saturated heterocycles. The van der Waals surface area contributed by atoms with Crippen molar-refractivity contribution in [2.24, 2.45) is 0 Å². The molecular weight excluding hydrogens is 312 g/mol. The molecule has 0 aliphatic heterocycles. The van der Waals surface area contributed by atoms with Gasteiger partial charge in [0.1, 0.15) is 10.6 Å². The van der Waals surface area contributed by atoms with Crippen molar-refractivity contribution >= 4 is 22.3 Å². The Bertz CT molecular complexity index is 847. The topological polar surface area (TPSA) is 63.8 Å². The molecule has 2 heterocycles. The number of aromatic nitrogens is 2. The Kier molecular flexibility index (Phi) is 4.09. The molecule has 0 atom stereocenters. The highest BCUT2D eigenvalue weighted by atomic mass is 32.1. The number of benzene rings is 1. The molecule has 0 aliphatic carbocycles. The largest absolute Gasteiger partial charge is 0.491 e. The third-order valence-electron chi connectivity index (χ3n) is 3.47. The first-order valence-corrected chi connectivity index (χ1v) is 8.32. The van der Waals surface area contributed by atoms with Gasteiger partial charge in [-0.25, -0.2) is 9.78 Å². The van der Waals surface area contributed by atoms with Gasteiger partial charge in [-0.1, -0.05) is 18.3 Å². The number of hydrogen-bond acceptors (Lipinski definition) is 4. The number of aromatic carboxylic acids is 1. The van der Waals surface area contributed by atoms with E-state index in [2.05, 4.69) is 4.98 Å². The molecule has 0 bridgehead atoms. The molecule has 0 saturated carbocycles. The lowest BCUT2D eigenvalue weighted by atomic mass is 10.1. The van der Waals surface area contributed by atoms with Crippen molar-refractivity contribution in [3.8, 4) is 17.0 Å². The molecule has 3 rings (SSSR count). The summed E-state index contributed by atoms with van der Waals surface area (Å²) in [7, 11) is 0. The van der Waals surface area contributed by atoms with Crippen LogP contribution < -0.4 is 4.74 Å². The molecule has 0 aliphatic rings. The second kappa shape index (κ2) is 6.04. The predicted octanol–water partition coefficient (Wildman–Crippen LogP) is 4.11. The van der Waals surface area contributed by atoms with E-state index in [1.165, 1.54) is 11.3 Å². The maximum absolute atomic E-state index is 11.3. The molecule has 3 aromatic rings. The Hall–Kier alpha value is -2.34. The van der Waals surface area contributed by atoms with E-state index in [1.807, 2.05) is 55.6 Å². The van der Waals surface area contributed by atoms with Crippen LogP contribution in [0.1, 0.15) is 36.1 Å². The van der Waals surface area contributed by atoms with Gasteiger partial charge in [0.2, 0.25) is 0 Å². The van der Waals surface area contributed by atoms with Crippen LogP contribution in [0.3, 0.4) is 0 Å². The lowest BCUT2D eigenvalue weighted by Crippen LogP contribution is -2.05. The fourth-order valence-corrected chi connectivity index (χ4v) is 3.54. The molecule has 0 radical (unpaired) electrons. The van der Waals surface area contributed by atoms with E-state index in [-0.39, 0.29) is 6.10 Å². The second-order valence-electron chi connectivity index (χ2n) is 5.51. The molecular formula is C17H18N2O3S. The summed E-state index contributed by atoms with van der Waals surface area (Å²) in [6, 6.07) is 7.78. The fourth-order valence-electron chi connectivity index (χ4n) is 2.50. The number of carbonyl (C=O) groups is 1. The molecule has 120 valence electrons. The molecule has 2 aromatic heterocycles. The van der Waals surface area contributed by atoms with Gasteiger partial charge in [0.15, 0.2) is 4.96 Å². The molecule has 23 heavy (non-hydrogen) atoms. The zero-order chi connectivity index (χ0) is 16.6. The highest BCUT2D eigenvalue weighted by Gasteiger charge is 2.18. The van der Waals surface area contributed by atoms with Gasteiger partial charge in [-0.15, -0.1) is 0 Å². The highest BCUT2D eigenvalue weighted by molar-refractivity contribution is 7.19. The number of fused-ring (bicyclic) bond motifs is 1. The van der Waals surface area contributed by atoms with E-state index >= 15 is 0 Å². The first kappa shape index (κ1) is 15.6. The van der Waals surface area contributed by atoms with Crippen LogP contribution in [0.15, 0.2) is 30.5 Å². The van der Waals surface area contributed by atoms with Crippen molar-refractivity contribution in [1.82, 2.24) is 9.38 Å². The SMILES string of the molecule is CCc1c(C(=O)O)sc2nc(-c3ccc(OC(C)C)cc3)cn12. The van der Waals surface area contributed by atoms with Crippen LogP contribution in [-0.2, 0) is 6.42 Å². The summed E-state index contributed by atoms with van der Waals surface area (Å²) in [5.74, 6) is -0.0683. The van der Waals surface area contributed by atoms with E-state index in [0.29, 0.717) is 16.3 Å². The van der Waals surface area contributed by atoms with Gasteiger partial charge in [-0.3, -0.25) is 4.40 Å². The molecule has 1 N–H and O–H groups in total. The lowest BCUT2D eigenvalue weighted by Gasteiger charge is -2.09. The third-order valence-corrected chi connectivity index (χ3v) is 4.56. The molecule has 0 unspecified atom stereocenters. The molecule has 6 heteroatoms. The van der Waals surface area contributed by atoms with Crippen molar-refractivity contribution in [2.45, 2.75) is 33.3 Å². The van der Waals surface area contributed by atoms with Gasteiger partial charge in [-0.05, 0) is 44.5 Å². The highest BCUT2D eigenvalue weighted by Crippen LogP contribution is 2.28. The monoisotopic (exact) mass is 330 g/mol. The fraction of sp³-hybridized carbons (Fsp3) is 0.294. The van der Waals surface area contributed by atoms with Crippen molar-refractivity contribution in [1.29, 1.82) is 0 Å². The predicted molar refractivity (Wildman–Crippen MR) is 90.6 cm³/mol. The zero-order valence-electron chi connectivity index (χ0n) is 13.2. The van der Waals surface area contributed by atoms with Crippen molar-refractivity contribution in [2.75, 3.05) is 0 Å². The summed E-state index contributed by atoms with van der Waals surface area (Å²) in [5.41, 5.74) is 2.60. The van der Waals surface area contributed by atoms with Crippen molar-refractivity contribution in [3.63, 3.8) is 0 Å². The smallest absolute Gasteiger partial charge is 0.347 e. The summed E-state index contributed by atoms with van der Waals surface area (Å²) in [6.07, 6.45) is 2.69. The number of thiazole rings is 1. The van der Waals surface area contributed by atoms with Crippen molar-refractivity contribution in [3.05, 3.63) is 41.0 Å². The van der Waals surface area contributed by atoms with Crippen molar-refractivity contribution < 1.29 is 14.6 Å². The minimum Gasteiger partial charge on any atom is -0.491 e. The standard InChI is InChI=1S/C17H18N2O3S/c1-4-14-15(16(20)21)23-17-18-13(9-19(14)17)11-5-7-12(8-6-11)22-10(2)3/h5-10H,4H2,1-3H3,(H,20,21). The van der Waals surface area contributed by atoms with Gasteiger partial charge >= 0.3 is 5.97 Å². The number of rotatable bonds is 5. The van der Waals surface area contributed by atoms with Crippen LogP contribution in [0, 0.1) is 0 Å². The van der Waals surface area contributed by atoms with Crippen LogP contribution in [0.2, 0.25) is 0 Å². The normalized spacial score (nSPS) is 11.3. The van der Waals surface area contributed by atoms with Gasteiger partial charge in [0, 0.05) is 17.5 Å². The zero-order valence-corrected chi connectivity index (χ0v) is 14.1. The van der Waals surface area contributed by atoms with Crippen LogP contribution in [0.25, 0.3) is 16.2 Å². The van der Waals surface area contributed by atoms with Gasteiger partial charge < -0.3 is 9.84 Å². The number of carboxylic acid groups (broad SMARTS) is 1. The summed E-state index contributed by atoms with van der Waals surface area (Å²) < 4.78 is 7.52. The maximum atomic E-state index is 11.3. The summed E-state index contributed by atoms with van der Waals surface area (Å²) >= 11 is 1.21. The summed E-state index contributed by atoms with van der Waals surface area (Å²) in [4.78, 5) is 16.9. The molecule has 0 amide bonds. The maximum Gasteiger partial charge on any atom is 0.347 e. The Morgan fingerprint density at radius 3 is 2.61 bits per heavy atom. The summed E-state index contributed by atoms with van der Waals surface area (Å²) in [6.45, 7) is 5.93. The third kappa shape index (κ3) is 2.94. The Morgan fingerprint density at radius 1 is 1.35 bits per heavy atom. The average Bonchev–Trinajstić information content (AvgIpc) is 3.04. The van der Waals surface area contributed by atoms with Gasteiger partial charge in [0.25, 0.3) is 0 Å². The first-order chi connectivity index (χ1) is 11.0. The quantitative estimate of drug-likeness (QED) is 0.764. The minimum atomic E-state index is -0.894. The first-order valence-electron chi connectivity index (χ1n) is 7.50. The van der Waals surface area contributed by atoms with E-state index < -0.39 is 5.97 Å². The Morgan fingerprint density at radius 2 is 2.04 bits per heavy atom. The van der Waals surface area contributed by atoms with Gasteiger partial charge in [-0.2, -0.15) is 0 Å². The number of carboxylic acids is 1. The second-order valence-corrected chi connectivity index (χ2v) is 6.48. The van der Waals surface area contributed by atoms with Crippen LogP contribution in [-0.4, -0.2) is 26.6 Å². The van der Waals surface area contributed by atoms with E-state index in [1.54, 1.807) is 0 Å². The van der Waals surface area contributed by atoms with Crippen LogP contribution in [0.5, 0.6) is 5.75 Å². The number of ether oxygens (including phenoxy) is 1. The Labute approximate surface area is 138 Å². The average molecular weight is 330 g/mol. The summed E-state index contributed by atoms with van der Waals surface area (Å²) in [5, 5.41) is 9.26. The van der Waals surface area contributed by atoms with Crippen LogP contribution in [0.4, 0.5) is 0 Å². The lowest BCUT2D eigenvalue weighted by molar-refractivity contribution is 0.0700. The number of hydrogen-bond donors (Lipinski definition) is 1. The number of imidazole rings is 1. The molecule has 5 nitrogen and oxygen atoms in total.